The standard InChI is InChI=1S/C19H29N5OS.HI/c1-15(16-8-6-9-17(14-16)24-12-7-10-22-24)23-18(20-5)21-11-13-26(25)19(2,3)4;/h6-10,12,14-15H,11,13H2,1-5H3,(H2,20,21,23);1H. The smallest absolute Gasteiger partial charge is 0.191 e. The highest BCUT2D eigenvalue weighted by Crippen LogP contribution is 2.16. The summed E-state index contributed by atoms with van der Waals surface area (Å²) in [5, 5.41) is 10.9. The molecule has 2 rings (SSSR count). The minimum absolute atomic E-state index is 0. The van der Waals surface area contributed by atoms with Crippen LogP contribution in [0.1, 0.15) is 39.3 Å². The Balaban J connectivity index is 0.00000364. The molecular weight excluding hydrogens is 473 g/mol. The third kappa shape index (κ3) is 7.25. The lowest BCUT2D eigenvalue weighted by molar-refractivity contribution is 0.645. The Morgan fingerprint density at radius 2 is 2.07 bits per heavy atom. The quantitative estimate of drug-likeness (QED) is 0.361. The maximum atomic E-state index is 12.1. The van der Waals surface area contributed by atoms with E-state index in [1.807, 2.05) is 49.8 Å². The normalized spacial score (nSPS) is 14.2. The Morgan fingerprint density at radius 3 is 2.67 bits per heavy atom. The van der Waals surface area contributed by atoms with Crippen molar-refractivity contribution in [2.45, 2.75) is 38.5 Å². The fourth-order valence-corrected chi connectivity index (χ4v) is 3.31. The molecule has 2 aromatic rings. The van der Waals surface area contributed by atoms with Crippen molar-refractivity contribution in [2.24, 2.45) is 4.99 Å². The third-order valence-corrected chi connectivity index (χ3v) is 5.92. The molecule has 2 unspecified atom stereocenters. The number of hydrogen-bond donors (Lipinski definition) is 2. The van der Waals surface area contributed by atoms with Crippen LogP contribution < -0.4 is 10.6 Å². The number of nitrogens with one attached hydrogen (secondary N) is 2. The van der Waals surface area contributed by atoms with E-state index < -0.39 is 10.8 Å². The van der Waals surface area contributed by atoms with Crippen LogP contribution in [0, 0.1) is 0 Å². The first-order chi connectivity index (χ1) is 12.3. The van der Waals surface area contributed by atoms with E-state index in [1.54, 1.807) is 13.2 Å². The minimum Gasteiger partial charge on any atom is -0.355 e. The van der Waals surface area contributed by atoms with Gasteiger partial charge >= 0.3 is 0 Å². The fraction of sp³-hybridized carbons (Fsp3) is 0.474. The van der Waals surface area contributed by atoms with Gasteiger partial charge in [-0.3, -0.25) is 9.20 Å². The van der Waals surface area contributed by atoms with Crippen molar-refractivity contribution < 1.29 is 4.21 Å². The molecule has 6 nitrogen and oxygen atoms in total. The van der Waals surface area contributed by atoms with Crippen LogP contribution in [-0.4, -0.2) is 44.0 Å². The Labute approximate surface area is 181 Å². The number of guanidine groups is 1. The van der Waals surface area contributed by atoms with Gasteiger partial charge in [-0.25, -0.2) is 4.68 Å². The number of benzene rings is 1. The maximum absolute atomic E-state index is 12.1. The monoisotopic (exact) mass is 503 g/mol. The molecule has 2 N–H and O–H groups in total. The van der Waals surface area contributed by atoms with Crippen LogP contribution >= 0.6 is 24.0 Å². The molecule has 1 aromatic heterocycles. The van der Waals surface area contributed by atoms with Gasteiger partial charge in [0.15, 0.2) is 5.96 Å². The second kappa shape index (κ2) is 10.8. The average Bonchev–Trinajstić information content (AvgIpc) is 3.14. The number of nitrogens with zero attached hydrogens (tertiary/aromatic N) is 3. The Morgan fingerprint density at radius 1 is 1.33 bits per heavy atom. The number of halogens is 1. The van der Waals surface area contributed by atoms with Gasteiger partial charge in [0.05, 0.1) is 11.7 Å². The Hall–Kier alpha value is -1.42. The molecule has 0 radical (unpaired) electrons. The topological polar surface area (TPSA) is 71.3 Å². The molecule has 0 saturated carbocycles. The van der Waals surface area contributed by atoms with E-state index in [0.29, 0.717) is 18.3 Å². The van der Waals surface area contributed by atoms with Crippen molar-refractivity contribution in [2.75, 3.05) is 19.3 Å². The van der Waals surface area contributed by atoms with Crippen molar-refractivity contribution >= 4 is 40.7 Å². The number of hydrogen-bond acceptors (Lipinski definition) is 3. The molecule has 150 valence electrons. The van der Waals surface area contributed by atoms with E-state index in [-0.39, 0.29) is 34.8 Å². The number of aromatic nitrogens is 2. The van der Waals surface area contributed by atoms with Crippen molar-refractivity contribution in [1.29, 1.82) is 0 Å². The lowest BCUT2D eigenvalue weighted by atomic mass is 10.1. The van der Waals surface area contributed by atoms with Gasteiger partial charge in [0.2, 0.25) is 0 Å². The van der Waals surface area contributed by atoms with Gasteiger partial charge in [0.1, 0.15) is 0 Å². The molecule has 0 amide bonds. The van der Waals surface area contributed by atoms with E-state index >= 15 is 0 Å². The van der Waals surface area contributed by atoms with E-state index in [2.05, 4.69) is 39.8 Å². The van der Waals surface area contributed by atoms with Crippen molar-refractivity contribution in [1.82, 2.24) is 20.4 Å². The van der Waals surface area contributed by atoms with Gasteiger partial charge in [-0.2, -0.15) is 5.10 Å². The molecule has 0 aliphatic rings. The molecular formula is C19H30IN5OS. The SMILES string of the molecule is CN=C(NCCS(=O)C(C)(C)C)NC(C)c1cccc(-n2cccn2)c1.I. The molecule has 8 heteroatoms. The number of rotatable bonds is 6. The predicted molar refractivity (Wildman–Crippen MR) is 125 cm³/mol. The Kier molecular flexibility index (Phi) is 9.44. The van der Waals surface area contributed by atoms with Crippen LogP contribution in [0.4, 0.5) is 0 Å². The molecule has 0 bridgehead atoms. The van der Waals surface area contributed by atoms with Crippen LogP contribution in [0.3, 0.4) is 0 Å². The summed E-state index contributed by atoms with van der Waals surface area (Å²) < 4.78 is 13.8. The first-order valence-electron chi connectivity index (χ1n) is 8.77. The molecule has 0 aliphatic heterocycles. The lowest BCUT2D eigenvalue weighted by Crippen LogP contribution is -2.41. The summed E-state index contributed by atoms with van der Waals surface area (Å²) in [6.45, 7) is 8.67. The van der Waals surface area contributed by atoms with E-state index in [9.17, 15) is 4.21 Å². The highest BCUT2D eigenvalue weighted by molar-refractivity contribution is 14.0. The van der Waals surface area contributed by atoms with Crippen molar-refractivity contribution in [3.63, 3.8) is 0 Å². The first-order valence-corrected chi connectivity index (χ1v) is 10.1. The van der Waals surface area contributed by atoms with E-state index in [4.69, 9.17) is 0 Å². The van der Waals surface area contributed by atoms with Gasteiger partial charge in [-0.1, -0.05) is 12.1 Å². The summed E-state index contributed by atoms with van der Waals surface area (Å²) in [6.07, 6.45) is 3.69. The summed E-state index contributed by atoms with van der Waals surface area (Å²) in [4.78, 5) is 4.26. The molecule has 2 atom stereocenters. The zero-order chi connectivity index (χ0) is 19.2. The zero-order valence-electron chi connectivity index (χ0n) is 16.6. The summed E-state index contributed by atoms with van der Waals surface area (Å²) >= 11 is 0. The molecule has 1 aromatic carbocycles. The van der Waals surface area contributed by atoms with Crippen LogP contribution in [0.25, 0.3) is 5.69 Å². The van der Waals surface area contributed by atoms with Crippen LogP contribution in [0.15, 0.2) is 47.7 Å². The van der Waals surface area contributed by atoms with Gasteiger partial charge in [0, 0.05) is 47.3 Å². The predicted octanol–water partition coefficient (Wildman–Crippen LogP) is 3.26. The van der Waals surface area contributed by atoms with Gasteiger partial charge < -0.3 is 10.6 Å². The largest absolute Gasteiger partial charge is 0.355 e. The third-order valence-electron chi connectivity index (χ3n) is 3.98. The molecule has 0 spiro atoms. The second-order valence-corrected chi connectivity index (χ2v) is 9.40. The summed E-state index contributed by atoms with van der Waals surface area (Å²) in [5.74, 6) is 1.29. The van der Waals surface area contributed by atoms with Gasteiger partial charge in [-0.15, -0.1) is 24.0 Å². The highest BCUT2D eigenvalue weighted by atomic mass is 127. The summed E-state index contributed by atoms with van der Waals surface area (Å²) in [5.41, 5.74) is 2.16. The molecule has 0 saturated heterocycles. The second-order valence-electron chi connectivity index (χ2n) is 7.07. The van der Waals surface area contributed by atoms with Crippen molar-refractivity contribution in [3.8, 4) is 5.69 Å². The summed E-state index contributed by atoms with van der Waals surface area (Å²) in [6, 6.07) is 10.2. The van der Waals surface area contributed by atoms with E-state index in [0.717, 1.165) is 11.3 Å². The fourth-order valence-electron chi connectivity index (χ4n) is 2.41. The van der Waals surface area contributed by atoms with E-state index in [1.165, 1.54) is 0 Å². The zero-order valence-corrected chi connectivity index (χ0v) is 19.7. The molecule has 27 heavy (non-hydrogen) atoms. The molecule has 1 heterocycles. The highest BCUT2D eigenvalue weighted by Gasteiger charge is 2.18. The average molecular weight is 503 g/mol. The van der Waals surface area contributed by atoms with Gasteiger partial charge in [-0.05, 0) is 51.5 Å². The van der Waals surface area contributed by atoms with Crippen LogP contribution in [0.2, 0.25) is 0 Å². The first kappa shape index (κ1) is 23.6. The van der Waals surface area contributed by atoms with Crippen LogP contribution in [0.5, 0.6) is 0 Å². The van der Waals surface area contributed by atoms with Crippen LogP contribution in [-0.2, 0) is 10.8 Å². The maximum Gasteiger partial charge on any atom is 0.191 e. The van der Waals surface area contributed by atoms with Crippen molar-refractivity contribution in [3.05, 3.63) is 48.3 Å². The minimum atomic E-state index is -0.880. The lowest BCUT2D eigenvalue weighted by Gasteiger charge is -2.21. The summed E-state index contributed by atoms with van der Waals surface area (Å²) in [7, 11) is 0.859. The van der Waals surface area contributed by atoms with Gasteiger partial charge in [0.25, 0.3) is 0 Å². The molecule has 0 aliphatic carbocycles. The number of aliphatic imine (C=N–C) groups is 1. The molecule has 0 fully saturated rings. The Bertz CT molecular complexity index is 756.